The molecule has 0 saturated carbocycles. The van der Waals surface area contributed by atoms with Crippen LogP contribution in [0.25, 0.3) is 0 Å². The smallest absolute Gasteiger partial charge is 0.157 e. The van der Waals surface area contributed by atoms with Gasteiger partial charge < -0.3 is 25.0 Å². The summed E-state index contributed by atoms with van der Waals surface area (Å²) in [5, 5.41) is 30.6. The van der Waals surface area contributed by atoms with E-state index in [-0.39, 0.29) is 24.0 Å². The fourth-order valence-electron chi connectivity index (χ4n) is 3.74. The molecule has 23 heavy (non-hydrogen) atoms. The molecule has 0 bridgehead atoms. The number of ether oxygens (including phenoxy) is 1. The van der Waals surface area contributed by atoms with E-state index in [1.54, 1.807) is 6.07 Å². The van der Waals surface area contributed by atoms with Crippen LogP contribution in [0.3, 0.4) is 0 Å². The van der Waals surface area contributed by atoms with E-state index in [4.69, 9.17) is 4.74 Å². The highest BCUT2D eigenvalue weighted by atomic mass is 16.5. The molecule has 0 radical (unpaired) electrons. The van der Waals surface area contributed by atoms with Gasteiger partial charge in [-0.1, -0.05) is 6.07 Å². The van der Waals surface area contributed by atoms with Crippen molar-refractivity contribution in [1.29, 1.82) is 0 Å². The van der Waals surface area contributed by atoms with Gasteiger partial charge in [-0.05, 0) is 29.3 Å². The molecule has 0 unspecified atom stereocenters. The van der Waals surface area contributed by atoms with Crippen LogP contribution >= 0.6 is 0 Å². The first-order valence-corrected chi connectivity index (χ1v) is 7.60. The normalized spacial score (nSPS) is 24.4. The fourth-order valence-corrected chi connectivity index (χ4v) is 3.74. The van der Waals surface area contributed by atoms with Crippen molar-refractivity contribution in [3.05, 3.63) is 47.0 Å². The number of nitrogens with zero attached hydrogens (tertiary/aromatic N) is 1. The molecule has 1 aliphatic carbocycles. The third-order valence-electron chi connectivity index (χ3n) is 4.88. The van der Waals surface area contributed by atoms with Crippen LogP contribution in [0.2, 0.25) is 0 Å². The van der Waals surface area contributed by atoms with E-state index in [0.29, 0.717) is 6.42 Å². The molecule has 0 aromatic heterocycles. The number of anilines is 1. The monoisotopic (exact) mass is 313 g/mol. The highest BCUT2D eigenvalue weighted by Gasteiger charge is 2.50. The number of benzene rings is 2. The summed E-state index contributed by atoms with van der Waals surface area (Å²) < 4.78 is 5.82. The summed E-state index contributed by atoms with van der Waals surface area (Å²) in [6, 6.07) is 9.02. The number of hydrogen-bond donors (Lipinski definition) is 3. The van der Waals surface area contributed by atoms with Crippen molar-refractivity contribution in [2.75, 3.05) is 25.6 Å². The molecule has 0 amide bonds. The Morgan fingerprint density at radius 3 is 2.57 bits per heavy atom. The highest BCUT2D eigenvalue weighted by molar-refractivity contribution is 5.61. The van der Waals surface area contributed by atoms with Crippen LogP contribution in [0, 0.1) is 0 Å². The van der Waals surface area contributed by atoms with Crippen molar-refractivity contribution in [1.82, 2.24) is 0 Å². The molecule has 2 aromatic rings. The van der Waals surface area contributed by atoms with Gasteiger partial charge in [0, 0.05) is 43.8 Å². The summed E-state index contributed by atoms with van der Waals surface area (Å²) in [5.74, 6) is 0.177. The number of phenolic OH excluding ortho intramolecular Hbond substituents is 2. The lowest BCUT2D eigenvalue weighted by Gasteiger charge is -2.37. The average Bonchev–Trinajstić information content (AvgIpc) is 2.79. The van der Waals surface area contributed by atoms with Gasteiger partial charge in [-0.2, -0.15) is 0 Å². The van der Waals surface area contributed by atoms with E-state index in [1.165, 1.54) is 6.07 Å². The second kappa shape index (κ2) is 4.55. The second-order valence-corrected chi connectivity index (χ2v) is 6.66. The Hall–Kier alpha value is -2.40. The van der Waals surface area contributed by atoms with Crippen LogP contribution in [0.5, 0.6) is 17.2 Å². The lowest BCUT2D eigenvalue weighted by molar-refractivity contribution is -0.0217. The van der Waals surface area contributed by atoms with Crippen molar-refractivity contribution in [2.45, 2.75) is 17.9 Å². The van der Waals surface area contributed by atoms with E-state index in [0.717, 1.165) is 28.1 Å². The van der Waals surface area contributed by atoms with Crippen LogP contribution in [-0.4, -0.2) is 41.6 Å². The number of phenols is 2. The van der Waals surface area contributed by atoms with Gasteiger partial charge >= 0.3 is 0 Å². The SMILES string of the molecule is CN(C)c1ccc2c(c1)OC[C@]1(O)Cc3cc(O)c(O)cc3[C@H]21. The second-order valence-electron chi connectivity index (χ2n) is 6.66. The van der Waals surface area contributed by atoms with Crippen molar-refractivity contribution < 1.29 is 20.1 Å². The Morgan fingerprint density at radius 2 is 1.83 bits per heavy atom. The van der Waals surface area contributed by atoms with Gasteiger partial charge in [0.25, 0.3) is 0 Å². The van der Waals surface area contributed by atoms with Crippen molar-refractivity contribution in [3.63, 3.8) is 0 Å². The summed E-state index contributed by atoms with van der Waals surface area (Å²) in [5.41, 5.74) is 2.59. The first-order valence-electron chi connectivity index (χ1n) is 7.60. The zero-order chi connectivity index (χ0) is 16.4. The van der Waals surface area contributed by atoms with Crippen LogP contribution in [0.1, 0.15) is 22.6 Å². The molecule has 2 aliphatic rings. The third kappa shape index (κ3) is 1.96. The fraction of sp³-hybridized carbons (Fsp3) is 0.333. The van der Waals surface area contributed by atoms with E-state index < -0.39 is 5.60 Å². The molecular weight excluding hydrogens is 294 g/mol. The van der Waals surface area contributed by atoms with Crippen LogP contribution in [-0.2, 0) is 6.42 Å². The van der Waals surface area contributed by atoms with Crippen LogP contribution in [0.4, 0.5) is 5.69 Å². The lowest BCUT2D eigenvalue weighted by atomic mass is 9.80. The number of hydrogen-bond acceptors (Lipinski definition) is 5. The maximum Gasteiger partial charge on any atom is 0.157 e. The molecule has 0 saturated heterocycles. The lowest BCUT2D eigenvalue weighted by Crippen LogP contribution is -2.43. The molecule has 0 spiro atoms. The number of aliphatic hydroxyl groups is 1. The molecule has 2 atom stereocenters. The van der Waals surface area contributed by atoms with E-state index >= 15 is 0 Å². The molecular formula is C18H19NO4. The minimum Gasteiger partial charge on any atom is -0.504 e. The summed E-state index contributed by atoms with van der Waals surface area (Å²) in [4.78, 5) is 2.00. The zero-order valence-corrected chi connectivity index (χ0v) is 13.1. The Balaban J connectivity index is 1.88. The molecule has 1 aliphatic heterocycles. The maximum absolute atomic E-state index is 11.0. The quantitative estimate of drug-likeness (QED) is 0.702. The van der Waals surface area contributed by atoms with Gasteiger partial charge in [-0.15, -0.1) is 0 Å². The zero-order valence-electron chi connectivity index (χ0n) is 13.1. The summed E-state index contributed by atoms with van der Waals surface area (Å²) >= 11 is 0. The molecule has 1 heterocycles. The minimum atomic E-state index is -1.05. The molecule has 3 N–H and O–H groups in total. The van der Waals surface area contributed by atoms with Gasteiger partial charge in [0.15, 0.2) is 11.5 Å². The largest absolute Gasteiger partial charge is 0.504 e. The van der Waals surface area contributed by atoms with Crippen molar-refractivity contribution >= 4 is 5.69 Å². The Kier molecular flexibility index (Phi) is 2.81. The molecule has 5 heteroatoms. The topological polar surface area (TPSA) is 73.2 Å². The van der Waals surface area contributed by atoms with E-state index in [1.807, 2.05) is 37.2 Å². The number of aromatic hydroxyl groups is 2. The molecule has 5 nitrogen and oxygen atoms in total. The van der Waals surface area contributed by atoms with Gasteiger partial charge in [0.2, 0.25) is 0 Å². The predicted molar refractivity (Wildman–Crippen MR) is 86.5 cm³/mol. The summed E-state index contributed by atoms with van der Waals surface area (Å²) in [7, 11) is 3.93. The number of rotatable bonds is 1. The maximum atomic E-state index is 11.0. The van der Waals surface area contributed by atoms with Gasteiger partial charge in [0.1, 0.15) is 18.0 Å². The first-order chi connectivity index (χ1) is 10.9. The Morgan fingerprint density at radius 1 is 1.09 bits per heavy atom. The first kappa shape index (κ1) is 14.2. The van der Waals surface area contributed by atoms with Gasteiger partial charge in [-0.3, -0.25) is 0 Å². The van der Waals surface area contributed by atoms with Crippen LogP contribution in [0.15, 0.2) is 30.3 Å². The number of fused-ring (bicyclic) bond motifs is 5. The third-order valence-corrected chi connectivity index (χ3v) is 4.88. The molecule has 0 fully saturated rings. The van der Waals surface area contributed by atoms with Crippen molar-refractivity contribution in [2.24, 2.45) is 0 Å². The average molecular weight is 313 g/mol. The van der Waals surface area contributed by atoms with E-state index in [2.05, 4.69) is 0 Å². The Bertz CT molecular complexity index is 802. The van der Waals surface area contributed by atoms with Crippen molar-refractivity contribution in [3.8, 4) is 17.2 Å². The van der Waals surface area contributed by atoms with E-state index in [9.17, 15) is 15.3 Å². The minimum absolute atomic E-state index is 0.157. The predicted octanol–water partition coefficient (Wildman–Crippen LogP) is 1.98. The highest BCUT2D eigenvalue weighted by Crippen LogP contribution is 2.53. The summed E-state index contributed by atoms with van der Waals surface area (Å²) in [6.45, 7) is 0.192. The summed E-state index contributed by atoms with van der Waals surface area (Å²) in [6.07, 6.45) is 0.399. The Labute approximate surface area is 134 Å². The molecule has 120 valence electrons. The molecule has 4 rings (SSSR count). The van der Waals surface area contributed by atoms with Gasteiger partial charge in [-0.25, -0.2) is 0 Å². The van der Waals surface area contributed by atoms with Gasteiger partial charge in [0.05, 0.1) is 0 Å². The van der Waals surface area contributed by atoms with Crippen LogP contribution < -0.4 is 9.64 Å². The standard InChI is InChI=1S/C18H19NO4/c1-19(2)11-3-4-12-16(6-11)23-9-18(22)8-10-5-14(20)15(21)7-13(10)17(12)18/h3-7,17,20-22H,8-9H2,1-2H3/t17-,18+/m0/s1. The molecule has 2 aromatic carbocycles.